The van der Waals surface area contributed by atoms with Crippen molar-refractivity contribution in [1.29, 1.82) is 0 Å². The lowest BCUT2D eigenvalue weighted by Gasteiger charge is -2.41. The predicted octanol–water partition coefficient (Wildman–Crippen LogP) is 2.51. The fraction of sp³-hybridized carbons (Fsp3) is 0.867. The first-order valence-electron chi connectivity index (χ1n) is 7.64. The molecule has 1 aliphatic carbocycles. The van der Waals surface area contributed by atoms with Gasteiger partial charge in [-0.1, -0.05) is 6.42 Å². The highest BCUT2D eigenvalue weighted by Crippen LogP contribution is 2.42. The molecule has 0 aromatic heterocycles. The lowest BCUT2D eigenvalue weighted by molar-refractivity contribution is 0.0276. The molecule has 0 radical (unpaired) electrons. The van der Waals surface area contributed by atoms with Crippen molar-refractivity contribution in [2.24, 2.45) is 4.99 Å². The molecule has 6 heteroatoms. The second kappa shape index (κ2) is 6.46. The number of aliphatic imine (C=N–C) groups is 1. The Labute approximate surface area is 131 Å². The van der Waals surface area contributed by atoms with Crippen LogP contribution in [0.3, 0.4) is 0 Å². The highest BCUT2D eigenvalue weighted by Gasteiger charge is 2.36. The van der Waals surface area contributed by atoms with Crippen LogP contribution in [0.25, 0.3) is 0 Å². The van der Waals surface area contributed by atoms with Gasteiger partial charge in [0.2, 0.25) is 0 Å². The molecule has 0 aromatic rings. The maximum Gasteiger partial charge on any atom is 0.410 e. The quantitative estimate of drug-likeness (QED) is 0.870. The van der Waals surface area contributed by atoms with Gasteiger partial charge in [0, 0.05) is 17.8 Å². The molecule has 0 aromatic carbocycles. The molecule has 2 rings (SSSR count). The van der Waals surface area contributed by atoms with Crippen molar-refractivity contribution in [3.05, 3.63) is 0 Å². The monoisotopic (exact) mass is 313 g/mol. The normalized spacial score (nSPS) is 21.3. The molecule has 0 unspecified atom stereocenters. The Morgan fingerprint density at radius 1 is 1.48 bits per heavy atom. The minimum absolute atomic E-state index is 0.250. The Balaban J connectivity index is 1.83. The molecular weight excluding hydrogens is 286 g/mol. The molecule has 21 heavy (non-hydrogen) atoms. The number of hydrogen-bond acceptors (Lipinski definition) is 5. The van der Waals surface area contributed by atoms with Gasteiger partial charge in [-0.15, -0.1) is 0 Å². The van der Waals surface area contributed by atoms with E-state index in [9.17, 15) is 4.79 Å². The minimum Gasteiger partial charge on any atom is -0.444 e. The number of amides is 1. The van der Waals surface area contributed by atoms with Crippen molar-refractivity contribution in [3.63, 3.8) is 0 Å². The van der Waals surface area contributed by atoms with Crippen LogP contribution in [-0.4, -0.2) is 59.6 Å². The van der Waals surface area contributed by atoms with E-state index in [0.717, 1.165) is 12.4 Å². The minimum atomic E-state index is -0.450. The number of thioether (sulfide) groups is 1. The fourth-order valence-electron chi connectivity index (χ4n) is 2.50. The van der Waals surface area contributed by atoms with Gasteiger partial charge >= 0.3 is 6.09 Å². The molecule has 0 atom stereocenters. The van der Waals surface area contributed by atoms with Crippen molar-refractivity contribution in [2.75, 3.05) is 32.4 Å². The van der Waals surface area contributed by atoms with E-state index < -0.39 is 5.60 Å². The number of amidine groups is 1. The third-order valence-corrected chi connectivity index (χ3v) is 5.40. The zero-order valence-electron chi connectivity index (χ0n) is 13.6. The van der Waals surface area contributed by atoms with E-state index >= 15 is 0 Å². The van der Waals surface area contributed by atoms with E-state index in [1.165, 1.54) is 19.3 Å². The smallest absolute Gasteiger partial charge is 0.410 e. The molecular formula is C15H27N3O2S. The predicted molar refractivity (Wildman–Crippen MR) is 88.2 cm³/mol. The average Bonchev–Trinajstić information content (AvgIpc) is 2.36. The number of rotatable bonds is 3. The van der Waals surface area contributed by atoms with E-state index in [2.05, 4.69) is 16.6 Å². The largest absolute Gasteiger partial charge is 0.444 e. The number of carbonyl (C=O) groups excluding carboxylic acids is 1. The van der Waals surface area contributed by atoms with E-state index in [0.29, 0.717) is 24.4 Å². The maximum atomic E-state index is 12.1. The number of carbonyl (C=O) groups is 1. The van der Waals surface area contributed by atoms with E-state index in [4.69, 9.17) is 4.74 Å². The molecule has 2 aliphatic rings. The molecule has 1 saturated carbocycles. The summed E-state index contributed by atoms with van der Waals surface area (Å²) in [6.45, 7) is 8.42. The van der Waals surface area contributed by atoms with Crippen molar-refractivity contribution in [1.82, 2.24) is 10.2 Å². The van der Waals surface area contributed by atoms with Gasteiger partial charge in [0.1, 0.15) is 11.4 Å². The first kappa shape index (κ1) is 16.5. The Kier molecular flexibility index (Phi) is 5.07. The van der Waals surface area contributed by atoms with Gasteiger partial charge in [0.05, 0.1) is 13.1 Å². The van der Waals surface area contributed by atoms with Crippen molar-refractivity contribution < 1.29 is 9.53 Å². The summed E-state index contributed by atoms with van der Waals surface area (Å²) in [5.74, 6) is 0.910. The van der Waals surface area contributed by atoms with Gasteiger partial charge < -0.3 is 10.1 Å². The Morgan fingerprint density at radius 2 is 2.19 bits per heavy atom. The van der Waals surface area contributed by atoms with Crippen LogP contribution in [0.1, 0.15) is 40.0 Å². The Morgan fingerprint density at radius 3 is 2.71 bits per heavy atom. The summed E-state index contributed by atoms with van der Waals surface area (Å²) in [5, 5.41) is 3.44. The number of hydrogen-bond donors (Lipinski definition) is 1. The van der Waals surface area contributed by atoms with Gasteiger partial charge in [-0.05, 0) is 39.9 Å². The van der Waals surface area contributed by atoms with Crippen LogP contribution in [0.4, 0.5) is 4.79 Å². The summed E-state index contributed by atoms with van der Waals surface area (Å²) >= 11 is 1.94. The molecule has 1 amide bonds. The summed E-state index contributed by atoms with van der Waals surface area (Å²) in [6.07, 6.45) is 5.78. The van der Waals surface area contributed by atoms with Crippen LogP contribution in [0, 0.1) is 0 Å². The van der Waals surface area contributed by atoms with E-state index in [-0.39, 0.29) is 6.09 Å². The molecule has 0 spiro atoms. The molecule has 1 aliphatic heterocycles. The summed E-state index contributed by atoms with van der Waals surface area (Å²) < 4.78 is 5.80. The third kappa shape index (κ3) is 4.53. The van der Waals surface area contributed by atoms with Crippen molar-refractivity contribution >= 4 is 23.7 Å². The van der Waals surface area contributed by atoms with Gasteiger partial charge in [-0.3, -0.25) is 9.89 Å². The molecule has 1 N–H and O–H groups in total. The van der Waals surface area contributed by atoms with Crippen LogP contribution >= 0.6 is 11.8 Å². The molecule has 1 heterocycles. The molecule has 5 nitrogen and oxygen atoms in total. The number of nitrogens with zero attached hydrogens (tertiary/aromatic N) is 2. The summed E-state index contributed by atoms with van der Waals surface area (Å²) in [7, 11) is 0. The second-order valence-electron chi connectivity index (χ2n) is 6.82. The highest BCUT2D eigenvalue weighted by atomic mass is 32.2. The van der Waals surface area contributed by atoms with Gasteiger partial charge in [-0.2, -0.15) is 11.8 Å². The fourth-order valence-corrected chi connectivity index (χ4v) is 3.41. The lowest BCUT2D eigenvalue weighted by Crippen LogP contribution is -2.51. The number of nitrogens with one attached hydrogen (secondary N) is 1. The van der Waals surface area contributed by atoms with Gasteiger partial charge in [0.25, 0.3) is 0 Å². The third-order valence-electron chi connectivity index (χ3n) is 3.98. The first-order valence-corrected chi connectivity index (χ1v) is 8.86. The van der Waals surface area contributed by atoms with Crippen molar-refractivity contribution in [3.8, 4) is 0 Å². The van der Waals surface area contributed by atoms with Crippen LogP contribution < -0.4 is 5.32 Å². The lowest BCUT2D eigenvalue weighted by atomic mass is 9.84. The standard InChI is InChI=1S/C15H27N3O2S/c1-14(2,3)20-13(19)18-9-8-16-12(10-18)17-11-15(21-4)6-5-7-15/h5-11H2,1-4H3,(H,16,17). The molecule has 120 valence electrons. The summed E-state index contributed by atoms with van der Waals surface area (Å²) in [4.78, 5) is 18.3. The van der Waals surface area contributed by atoms with Crippen LogP contribution in [-0.2, 0) is 4.74 Å². The average molecular weight is 313 g/mol. The summed E-state index contributed by atoms with van der Waals surface area (Å²) in [5.41, 5.74) is -0.450. The summed E-state index contributed by atoms with van der Waals surface area (Å²) in [6, 6.07) is 0. The molecule has 0 saturated heterocycles. The van der Waals surface area contributed by atoms with Crippen LogP contribution in [0.15, 0.2) is 4.99 Å². The molecule has 0 bridgehead atoms. The Hall–Kier alpha value is -0.910. The zero-order chi connectivity index (χ0) is 15.5. The highest BCUT2D eigenvalue weighted by molar-refractivity contribution is 8.00. The molecule has 1 fully saturated rings. The zero-order valence-corrected chi connectivity index (χ0v) is 14.4. The van der Waals surface area contributed by atoms with Crippen LogP contribution in [0.5, 0.6) is 0 Å². The van der Waals surface area contributed by atoms with Gasteiger partial charge in [-0.25, -0.2) is 4.79 Å². The first-order chi connectivity index (χ1) is 9.84. The topological polar surface area (TPSA) is 53.9 Å². The SMILES string of the molecule is CSC1(CNC2=NCCN(C(=O)OC(C)(C)C)C2)CCC1. The van der Waals surface area contributed by atoms with E-state index in [1.54, 1.807) is 4.90 Å². The number of ether oxygens (including phenoxy) is 1. The van der Waals surface area contributed by atoms with Gasteiger partial charge in [0.15, 0.2) is 0 Å². The maximum absolute atomic E-state index is 12.1. The van der Waals surface area contributed by atoms with E-state index in [1.807, 2.05) is 32.5 Å². The van der Waals surface area contributed by atoms with Crippen molar-refractivity contribution in [2.45, 2.75) is 50.4 Å². The van der Waals surface area contributed by atoms with Crippen LogP contribution in [0.2, 0.25) is 0 Å². The second-order valence-corrected chi connectivity index (χ2v) is 8.10. The Bertz CT molecular complexity index is 408.